The fraction of sp³-hybridized carbons (Fsp3) is 1.00. The highest BCUT2D eigenvalue weighted by molar-refractivity contribution is 5.05. The van der Waals surface area contributed by atoms with Gasteiger partial charge in [0.15, 0.2) is 5.79 Å². The fourth-order valence-electron chi connectivity index (χ4n) is 2.64. The zero-order valence-electron chi connectivity index (χ0n) is 9.25. The van der Waals surface area contributed by atoms with Crippen LogP contribution in [0.5, 0.6) is 0 Å². The molecule has 2 bridgehead atoms. The smallest absolute Gasteiger partial charge is 0.221 e. The second kappa shape index (κ2) is 3.16. The van der Waals surface area contributed by atoms with E-state index in [1.807, 2.05) is 0 Å². The summed E-state index contributed by atoms with van der Waals surface area (Å²) < 4.78 is 22.2. The molecule has 0 aliphatic carbocycles. The molecule has 16 heavy (non-hydrogen) atoms. The van der Waals surface area contributed by atoms with Crippen LogP contribution in [0.1, 0.15) is 13.8 Å². The van der Waals surface area contributed by atoms with Crippen LogP contribution in [0.2, 0.25) is 0 Å². The Balaban J connectivity index is 1.92. The molecule has 3 heterocycles. The molecule has 92 valence electrons. The normalized spacial score (nSPS) is 54.0. The SMILES string of the molecule is CC1(C)O[C@H]2[C@H](O1)[C@H](O)[C@]1(CO)OC[C@H]2O1. The molecule has 3 aliphatic rings. The number of rotatable bonds is 1. The van der Waals surface area contributed by atoms with Gasteiger partial charge in [-0.25, -0.2) is 0 Å². The fourth-order valence-corrected chi connectivity index (χ4v) is 2.64. The van der Waals surface area contributed by atoms with Crippen molar-refractivity contribution in [3.63, 3.8) is 0 Å². The van der Waals surface area contributed by atoms with E-state index >= 15 is 0 Å². The largest absolute Gasteiger partial charge is 0.391 e. The minimum absolute atomic E-state index is 0.290. The number of aliphatic hydroxyl groups is 2. The summed E-state index contributed by atoms with van der Waals surface area (Å²) in [6.07, 6.45) is -2.18. The van der Waals surface area contributed by atoms with E-state index in [1.165, 1.54) is 0 Å². The Bertz CT molecular complexity index is 306. The molecule has 0 unspecified atom stereocenters. The third-order valence-electron chi connectivity index (χ3n) is 3.36. The van der Waals surface area contributed by atoms with Gasteiger partial charge in [0.1, 0.15) is 31.0 Å². The van der Waals surface area contributed by atoms with Crippen LogP contribution in [0.15, 0.2) is 0 Å². The Morgan fingerprint density at radius 2 is 1.88 bits per heavy atom. The van der Waals surface area contributed by atoms with E-state index in [-0.39, 0.29) is 12.2 Å². The lowest BCUT2D eigenvalue weighted by Crippen LogP contribution is -2.61. The van der Waals surface area contributed by atoms with Gasteiger partial charge in [-0.05, 0) is 13.8 Å². The van der Waals surface area contributed by atoms with Gasteiger partial charge in [-0.2, -0.15) is 0 Å². The Morgan fingerprint density at radius 1 is 1.19 bits per heavy atom. The van der Waals surface area contributed by atoms with Crippen LogP contribution in [0, 0.1) is 0 Å². The summed E-state index contributed by atoms with van der Waals surface area (Å²) in [5.41, 5.74) is 0. The third-order valence-corrected chi connectivity index (χ3v) is 3.36. The van der Waals surface area contributed by atoms with Crippen LogP contribution in [0.3, 0.4) is 0 Å². The maximum absolute atomic E-state index is 10.1. The van der Waals surface area contributed by atoms with Crippen molar-refractivity contribution in [3.05, 3.63) is 0 Å². The van der Waals surface area contributed by atoms with Gasteiger partial charge in [0, 0.05) is 0 Å². The molecule has 6 heteroatoms. The first-order valence-corrected chi connectivity index (χ1v) is 5.44. The quantitative estimate of drug-likeness (QED) is 0.603. The van der Waals surface area contributed by atoms with E-state index < -0.39 is 30.4 Å². The molecule has 2 N–H and O–H groups in total. The van der Waals surface area contributed by atoms with E-state index in [0.29, 0.717) is 6.61 Å². The lowest BCUT2D eigenvalue weighted by molar-refractivity contribution is -0.291. The van der Waals surface area contributed by atoms with Crippen molar-refractivity contribution in [3.8, 4) is 0 Å². The van der Waals surface area contributed by atoms with Crippen LogP contribution in [0.4, 0.5) is 0 Å². The summed E-state index contributed by atoms with van der Waals surface area (Å²) in [6, 6.07) is 0. The molecule has 0 saturated carbocycles. The molecule has 3 aliphatic heterocycles. The molecule has 0 aromatic heterocycles. The monoisotopic (exact) mass is 232 g/mol. The Labute approximate surface area is 93.0 Å². The van der Waals surface area contributed by atoms with E-state index in [2.05, 4.69) is 0 Å². The van der Waals surface area contributed by atoms with E-state index in [1.54, 1.807) is 13.8 Å². The lowest BCUT2D eigenvalue weighted by atomic mass is 9.95. The molecular formula is C10H16O6. The summed E-state index contributed by atoms with van der Waals surface area (Å²) in [7, 11) is 0. The first-order valence-electron chi connectivity index (χ1n) is 5.44. The Hall–Kier alpha value is -0.240. The minimum Gasteiger partial charge on any atom is -0.391 e. The van der Waals surface area contributed by atoms with Crippen molar-refractivity contribution in [2.45, 2.75) is 49.8 Å². The summed E-state index contributed by atoms with van der Waals surface area (Å²) in [4.78, 5) is 0. The zero-order chi connectivity index (χ0) is 11.6. The molecular weight excluding hydrogens is 216 g/mol. The topological polar surface area (TPSA) is 77.4 Å². The Morgan fingerprint density at radius 3 is 2.56 bits per heavy atom. The highest BCUT2D eigenvalue weighted by Gasteiger charge is 2.64. The molecule has 5 atom stereocenters. The van der Waals surface area contributed by atoms with Crippen molar-refractivity contribution in [1.29, 1.82) is 0 Å². The van der Waals surface area contributed by atoms with Crippen LogP contribution < -0.4 is 0 Å². The molecule has 0 aromatic carbocycles. The van der Waals surface area contributed by atoms with Crippen molar-refractivity contribution in [1.82, 2.24) is 0 Å². The van der Waals surface area contributed by atoms with Gasteiger partial charge >= 0.3 is 0 Å². The zero-order valence-corrected chi connectivity index (χ0v) is 9.25. The highest BCUT2D eigenvalue weighted by Crippen LogP contribution is 2.45. The van der Waals surface area contributed by atoms with Gasteiger partial charge in [-0.3, -0.25) is 0 Å². The van der Waals surface area contributed by atoms with Gasteiger partial charge in [0.05, 0.1) is 6.61 Å². The lowest BCUT2D eigenvalue weighted by Gasteiger charge is -2.39. The van der Waals surface area contributed by atoms with Gasteiger partial charge < -0.3 is 29.2 Å². The van der Waals surface area contributed by atoms with Gasteiger partial charge in [-0.1, -0.05) is 0 Å². The third kappa shape index (κ3) is 1.28. The summed E-state index contributed by atoms with van der Waals surface area (Å²) >= 11 is 0. The number of fused-ring (bicyclic) bond motifs is 4. The standard InChI is InChI=1S/C10H16O6/c1-9(2)15-6-5-3-13-10(4-11,14-5)8(12)7(6)16-9/h5-8,11-12H,3-4H2,1-2H3/t5-,6-,7+,8+,10-/m1/s1. The average Bonchev–Trinajstić information content (AvgIpc) is 2.76. The molecule has 3 rings (SSSR count). The van der Waals surface area contributed by atoms with Crippen LogP contribution in [-0.4, -0.2) is 59.4 Å². The maximum atomic E-state index is 10.1. The van der Waals surface area contributed by atoms with Crippen LogP contribution in [0.25, 0.3) is 0 Å². The minimum atomic E-state index is -1.34. The number of aliphatic hydroxyl groups excluding tert-OH is 2. The van der Waals surface area contributed by atoms with E-state index in [9.17, 15) is 10.2 Å². The maximum Gasteiger partial charge on any atom is 0.221 e. The Kier molecular flexibility index (Phi) is 2.15. The van der Waals surface area contributed by atoms with Gasteiger partial charge in [0.25, 0.3) is 0 Å². The average molecular weight is 232 g/mol. The van der Waals surface area contributed by atoms with E-state index in [4.69, 9.17) is 18.9 Å². The van der Waals surface area contributed by atoms with Crippen molar-refractivity contribution < 1.29 is 29.2 Å². The van der Waals surface area contributed by atoms with Crippen molar-refractivity contribution in [2.75, 3.05) is 13.2 Å². The van der Waals surface area contributed by atoms with Crippen molar-refractivity contribution in [2.24, 2.45) is 0 Å². The number of hydrogen-bond acceptors (Lipinski definition) is 6. The number of ether oxygens (including phenoxy) is 4. The molecule has 0 radical (unpaired) electrons. The predicted octanol–water partition coefficient (Wildman–Crippen LogP) is -1.01. The first kappa shape index (κ1) is 10.9. The second-order valence-corrected chi connectivity index (χ2v) is 4.95. The summed E-state index contributed by atoms with van der Waals surface area (Å²) in [5, 5.41) is 19.4. The predicted molar refractivity (Wildman–Crippen MR) is 50.5 cm³/mol. The molecule has 0 amide bonds. The van der Waals surface area contributed by atoms with E-state index in [0.717, 1.165) is 0 Å². The van der Waals surface area contributed by atoms with Crippen molar-refractivity contribution >= 4 is 0 Å². The van der Waals surface area contributed by atoms with Crippen LogP contribution >= 0.6 is 0 Å². The van der Waals surface area contributed by atoms with Gasteiger partial charge in [-0.15, -0.1) is 0 Å². The summed E-state index contributed by atoms with van der Waals surface area (Å²) in [5.74, 6) is -2.07. The first-order chi connectivity index (χ1) is 7.47. The molecule has 3 fully saturated rings. The molecule has 0 aromatic rings. The molecule has 0 spiro atoms. The van der Waals surface area contributed by atoms with Gasteiger partial charge in [0.2, 0.25) is 5.79 Å². The molecule has 3 saturated heterocycles. The molecule has 6 nitrogen and oxygen atoms in total. The van der Waals surface area contributed by atoms with Crippen LogP contribution in [-0.2, 0) is 18.9 Å². The highest BCUT2D eigenvalue weighted by atomic mass is 16.8. The summed E-state index contributed by atoms with van der Waals surface area (Å²) in [6.45, 7) is 3.49. The number of hydrogen-bond donors (Lipinski definition) is 2. The second-order valence-electron chi connectivity index (χ2n) is 4.95.